The van der Waals surface area contributed by atoms with E-state index in [2.05, 4.69) is 148 Å². The fourth-order valence-corrected chi connectivity index (χ4v) is 10.8. The second-order valence-electron chi connectivity index (χ2n) is 17.6. The molecule has 4 heterocycles. The maximum absolute atomic E-state index is 6.44. The quantitative estimate of drug-likeness (QED) is 0.180. The molecule has 0 fully saturated rings. The third-order valence-corrected chi connectivity index (χ3v) is 13.6. The van der Waals surface area contributed by atoms with Crippen molar-refractivity contribution in [1.82, 2.24) is 19.5 Å². The van der Waals surface area contributed by atoms with Crippen molar-refractivity contribution in [3.8, 4) is 50.6 Å². The first-order valence-corrected chi connectivity index (χ1v) is 20.8. The lowest BCUT2D eigenvalue weighted by molar-refractivity contribution is 0.620. The van der Waals surface area contributed by atoms with Crippen LogP contribution >= 0.6 is 0 Å². The number of rotatable bonds is 3. The fraction of sp³-hybridized carbons (Fsp3) is 0.109. The van der Waals surface area contributed by atoms with Crippen molar-refractivity contribution in [2.75, 3.05) is 0 Å². The van der Waals surface area contributed by atoms with Gasteiger partial charge in [-0.2, -0.15) is 0 Å². The molecule has 4 aromatic heterocycles. The highest BCUT2D eigenvalue weighted by Crippen LogP contribution is 2.57. The molecule has 0 amide bonds. The summed E-state index contributed by atoms with van der Waals surface area (Å²) >= 11 is 0. The van der Waals surface area contributed by atoms with E-state index in [1.165, 1.54) is 60.8 Å². The molecule has 0 radical (unpaired) electrons. The molecule has 7 aromatic carbocycles. The maximum Gasteiger partial charge on any atom is 0.236 e. The van der Waals surface area contributed by atoms with Crippen molar-refractivity contribution >= 4 is 54.6 Å². The summed E-state index contributed by atoms with van der Waals surface area (Å²) in [6.45, 7) is 9.44. The largest absolute Gasteiger partial charge is 0.452 e. The van der Waals surface area contributed by atoms with Gasteiger partial charge in [0.1, 0.15) is 16.8 Å². The molecule has 0 N–H and O–H groups in total. The van der Waals surface area contributed by atoms with Crippen LogP contribution in [0.3, 0.4) is 0 Å². The van der Waals surface area contributed by atoms with Gasteiger partial charge in [-0.25, -0.2) is 9.97 Å². The molecule has 5 nitrogen and oxygen atoms in total. The Hall–Kier alpha value is -7.37. The van der Waals surface area contributed by atoms with Crippen LogP contribution in [0.25, 0.3) is 105 Å². The van der Waals surface area contributed by atoms with Crippen molar-refractivity contribution in [3.05, 3.63) is 180 Å². The normalized spacial score (nSPS) is 14.6. The Kier molecular flexibility index (Phi) is 6.52. The lowest BCUT2D eigenvalue weighted by atomic mass is 9.69. The van der Waals surface area contributed by atoms with Crippen LogP contribution in [0.1, 0.15) is 50.1 Å². The lowest BCUT2D eigenvalue weighted by Gasteiger charge is -2.35. The molecular weight excluding hydrogens is 733 g/mol. The minimum absolute atomic E-state index is 0.196. The first kappa shape index (κ1) is 33.6. The molecule has 60 heavy (non-hydrogen) atoms. The van der Waals surface area contributed by atoms with Gasteiger partial charge in [-0.05, 0) is 104 Å². The van der Waals surface area contributed by atoms with Crippen LogP contribution in [-0.4, -0.2) is 19.5 Å². The second kappa shape index (κ2) is 11.6. The third kappa shape index (κ3) is 4.33. The highest BCUT2D eigenvalue weighted by Gasteiger charge is 2.41. The highest BCUT2D eigenvalue weighted by molar-refractivity contribution is 6.12. The Bertz CT molecular complexity index is 3660. The van der Waals surface area contributed by atoms with Gasteiger partial charge in [0.25, 0.3) is 0 Å². The van der Waals surface area contributed by atoms with E-state index in [1.807, 2.05) is 42.6 Å². The summed E-state index contributed by atoms with van der Waals surface area (Å²) in [5.74, 6) is 0.615. The Morgan fingerprint density at radius 3 is 2.13 bits per heavy atom. The molecule has 0 atom stereocenters. The van der Waals surface area contributed by atoms with Gasteiger partial charge >= 0.3 is 0 Å². The second-order valence-corrected chi connectivity index (χ2v) is 17.6. The molecule has 0 aliphatic heterocycles. The summed E-state index contributed by atoms with van der Waals surface area (Å²) in [6.07, 6.45) is 1.94. The van der Waals surface area contributed by atoms with Crippen molar-refractivity contribution in [2.45, 2.75) is 38.5 Å². The minimum atomic E-state index is -0.207. The van der Waals surface area contributed by atoms with Gasteiger partial charge in [-0.1, -0.05) is 131 Å². The number of aromatic nitrogens is 4. The molecule has 0 saturated heterocycles. The third-order valence-electron chi connectivity index (χ3n) is 13.6. The molecule has 0 unspecified atom stereocenters. The van der Waals surface area contributed by atoms with Crippen LogP contribution in [0.4, 0.5) is 0 Å². The number of benzene rings is 7. The molecule has 0 spiro atoms. The lowest BCUT2D eigenvalue weighted by Crippen LogP contribution is -2.25. The van der Waals surface area contributed by atoms with E-state index in [1.54, 1.807) is 0 Å². The zero-order chi connectivity index (χ0) is 40.1. The summed E-state index contributed by atoms with van der Waals surface area (Å²) < 4.78 is 8.65. The summed E-state index contributed by atoms with van der Waals surface area (Å²) in [5.41, 5.74) is 18.6. The average molecular weight is 771 g/mol. The van der Waals surface area contributed by atoms with Gasteiger partial charge in [-0.15, -0.1) is 0 Å². The molecule has 13 rings (SSSR count). The SMILES string of the molecule is CC1(C)c2cc(-c3ccc4c(c3)c3ccccc3n4-c3nc(-c4ccccc4)c4oc5ccccc5c4n3)ccc2-c2cc3c4c(cccc4c21)C(C)(C)c1ncccc1-3. The van der Waals surface area contributed by atoms with E-state index >= 15 is 0 Å². The molecule has 2 aliphatic carbocycles. The average Bonchev–Trinajstić information content (AvgIpc) is 3.90. The maximum atomic E-state index is 6.44. The predicted molar refractivity (Wildman–Crippen MR) is 245 cm³/mol. The molecule has 5 heteroatoms. The van der Waals surface area contributed by atoms with Crippen molar-refractivity contribution in [3.63, 3.8) is 0 Å². The highest BCUT2D eigenvalue weighted by atomic mass is 16.3. The van der Waals surface area contributed by atoms with E-state index < -0.39 is 0 Å². The zero-order valence-corrected chi connectivity index (χ0v) is 33.7. The molecule has 284 valence electrons. The van der Waals surface area contributed by atoms with Gasteiger partial charge in [0, 0.05) is 44.3 Å². The van der Waals surface area contributed by atoms with Crippen LogP contribution in [0.15, 0.2) is 162 Å². The Labute approximate surface area is 346 Å². The number of hydrogen-bond acceptors (Lipinski definition) is 4. The van der Waals surface area contributed by atoms with Crippen LogP contribution in [0.2, 0.25) is 0 Å². The topological polar surface area (TPSA) is 56.7 Å². The first-order valence-electron chi connectivity index (χ1n) is 20.8. The monoisotopic (exact) mass is 770 g/mol. The minimum Gasteiger partial charge on any atom is -0.452 e. The van der Waals surface area contributed by atoms with E-state index in [9.17, 15) is 0 Å². The molecule has 11 aromatic rings. The molecule has 0 saturated carbocycles. The summed E-state index contributed by atoms with van der Waals surface area (Å²) in [4.78, 5) is 15.5. The van der Waals surface area contributed by atoms with Gasteiger partial charge in [-0.3, -0.25) is 9.55 Å². The van der Waals surface area contributed by atoms with E-state index in [-0.39, 0.29) is 10.8 Å². The Balaban J connectivity index is 0.991. The van der Waals surface area contributed by atoms with Crippen LogP contribution in [0.5, 0.6) is 0 Å². The van der Waals surface area contributed by atoms with Crippen molar-refractivity contribution < 1.29 is 4.42 Å². The summed E-state index contributed by atoms with van der Waals surface area (Å²) in [6, 6.07) is 54.6. The number of hydrogen-bond donors (Lipinski definition) is 0. The fourth-order valence-electron chi connectivity index (χ4n) is 10.8. The van der Waals surface area contributed by atoms with Crippen molar-refractivity contribution in [2.24, 2.45) is 0 Å². The van der Waals surface area contributed by atoms with Crippen LogP contribution < -0.4 is 0 Å². The van der Waals surface area contributed by atoms with Crippen LogP contribution in [0, 0.1) is 0 Å². The van der Waals surface area contributed by atoms with Gasteiger partial charge in [0.05, 0.1) is 16.7 Å². The van der Waals surface area contributed by atoms with Crippen molar-refractivity contribution in [1.29, 1.82) is 0 Å². The number of nitrogens with zero attached hydrogens (tertiary/aromatic N) is 4. The summed E-state index contributed by atoms with van der Waals surface area (Å²) in [7, 11) is 0. The Morgan fingerprint density at radius 2 is 1.25 bits per heavy atom. The van der Waals surface area contributed by atoms with E-state index in [4.69, 9.17) is 19.4 Å². The van der Waals surface area contributed by atoms with Gasteiger partial charge < -0.3 is 4.42 Å². The van der Waals surface area contributed by atoms with Crippen LogP contribution in [-0.2, 0) is 10.8 Å². The number of para-hydroxylation sites is 2. The molecule has 0 bridgehead atoms. The van der Waals surface area contributed by atoms with E-state index in [0.29, 0.717) is 11.5 Å². The smallest absolute Gasteiger partial charge is 0.236 e. The van der Waals surface area contributed by atoms with Gasteiger partial charge in [0.15, 0.2) is 5.58 Å². The van der Waals surface area contributed by atoms with Gasteiger partial charge in [0.2, 0.25) is 5.95 Å². The molecule has 2 aliphatic rings. The number of fused-ring (bicyclic) bond motifs is 12. The number of pyridine rings is 1. The predicted octanol–water partition coefficient (Wildman–Crippen LogP) is 14.0. The first-order chi connectivity index (χ1) is 29.3. The summed E-state index contributed by atoms with van der Waals surface area (Å²) in [5, 5.41) is 6.00. The number of furan rings is 1. The molecular formula is C55H38N4O. The standard InChI is InChI=1S/C55H38N4O/c1-54(2)43-29-33(23-25-34(43)41-30-40-36-19-13-27-56-52(36)55(3,4)42-20-12-18-38(47(40)42)48(41)54)32-24-26-45-39(28-32)35-16-8-10-21-44(35)59(45)53-57-49(31-14-6-5-7-15-31)51-50(58-53)37-17-9-11-22-46(37)60-51/h5-30H,1-4H3. The zero-order valence-electron chi connectivity index (χ0n) is 33.7. The van der Waals surface area contributed by atoms with E-state index in [0.717, 1.165) is 55.2 Å². The Morgan fingerprint density at radius 1 is 0.500 bits per heavy atom.